The van der Waals surface area contributed by atoms with Crippen molar-refractivity contribution in [2.75, 3.05) is 12.9 Å². The number of rotatable bonds is 5. The van der Waals surface area contributed by atoms with Crippen LogP contribution in [0.25, 0.3) is 0 Å². The Morgan fingerprint density at radius 2 is 1.96 bits per heavy atom. The van der Waals surface area contributed by atoms with Gasteiger partial charge in [-0.05, 0) is 12.1 Å². The lowest BCUT2D eigenvalue weighted by atomic mass is 10.3. The van der Waals surface area contributed by atoms with E-state index in [2.05, 4.69) is 4.74 Å². The van der Waals surface area contributed by atoms with Gasteiger partial charge in [0.2, 0.25) is 0 Å². The average molecular weight is 375 g/mol. The van der Waals surface area contributed by atoms with Crippen LogP contribution in [0.15, 0.2) is 28.0 Å². The molecule has 8 nitrogen and oxygen atoms in total. The molecule has 0 N–H and O–H groups in total. The summed E-state index contributed by atoms with van der Waals surface area (Å²) in [7, 11) is -7.20. The maximum absolute atomic E-state index is 12.4. The van der Waals surface area contributed by atoms with Crippen LogP contribution in [0.4, 0.5) is 18.9 Å². The predicted molar refractivity (Wildman–Crippen MR) is 69.6 cm³/mol. The second-order valence-corrected chi connectivity index (χ2v) is 7.37. The van der Waals surface area contributed by atoms with Crippen molar-refractivity contribution in [1.82, 2.24) is 0 Å². The summed E-state index contributed by atoms with van der Waals surface area (Å²) in [6.07, 6.45) is 0. The quantitative estimate of drug-likeness (QED) is 0.430. The first-order chi connectivity index (χ1) is 10.4. The number of nitro groups is 1. The number of carbonyl (C=O) groups excluding carboxylic acids is 1. The first-order valence-corrected chi connectivity index (χ1v) is 8.27. The first-order valence-electron chi connectivity index (χ1n) is 5.46. The normalized spacial score (nSPS) is 13.4. The molecule has 13 heteroatoms. The molecule has 1 atom stereocenters. The third kappa shape index (κ3) is 4.48. The van der Waals surface area contributed by atoms with Crippen LogP contribution in [0.5, 0.6) is 0 Å². The number of hydrogen-bond donors (Lipinski definition) is 0. The van der Waals surface area contributed by atoms with Crippen molar-refractivity contribution in [2.24, 2.45) is 0 Å². The maximum atomic E-state index is 12.4. The van der Waals surface area contributed by atoms with Crippen molar-refractivity contribution < 1.29 is 40.3 Å². The highest BCUT2D eigenvalue weighted by Gasteiger charge is 2.39. The fourth-order valence-electron chi connectivity index (χ4n) is 1.44. The van der Waals surface area contributed by atoms with Gasteiger partial charge in [0.15, 0.2) is 26.4 Å². The fourth-order valence-corrected chi connectivity index (χ4v) is 3.43. The van der Waals surface area contributed by atoms with Crippen molar-refractivity contribution in [3.8, 4) is 0 Å². The van der Waals surface area contributed by atoms with Crippen LogP contribution in [0, 0.1) is 10.1 Å². The van der Waals surface area contributed by atoms with Crippen molar-refractivity contribution in [3.05, 3.63) is 28.3 Å². The SMILES string of the molecule is COC(=O)CS(=O)(=O)c1ccc(S(=O)C(F)(F)F)cc1[N+](=O)[O-]. The summed E-state index contributed by atoms with van der Waals surface area (Å²) in [5, 5.41) is 10.9. The summed E-state index contributed by atoms with van der Waals surface area (Å²) >= 11 is 0. The number of methoxy groups -OCH3 is 1. The number of halogens is 3. The monoisotopic (exact) mass is 375 g/mol. The average Bonchev–Trinajstić information content (AvgIpc) is 2.44. The van der Waals surface area contributed by atoms with Crippen LogP contribution in [0.2, 0.25) is 0 Å². The Morgan fingerprint density at radius 1 is 1.39 bits per heavy atom. The summed E-state index contributed by atoms with van der Waals surface area (Å²) in [6, 6.07) is 1.27. The topological polar surface area (TPSA) is 121 Å². The second kappa shape index (κ2) is 6.62. The number of alkyl halides is 3. The Morgan fingerprint density at radius 3 is 2.39 bits per heavy atom. The van der Waals surface area contributed by atoms with E-state index in [9.17, 15) is 40.7 Å². The van der Waals surface area contributed by atoms with Gasteiger partial charge in [-0.25, -0.2) is 12.6 Å². The van der Waals surface area contributed by atoms with Crippen LogP contribution >= 0.6 is 0 Å². The molecular weight excluding hydrogens is 367 g/mol. The van der Waals surface area contributed by atoms with Gasteiger partial charge in [-0.15, -0.1) is 0 Å². The molecule has 0 fully saturated rings. The van der Waals surface area contributed by atoms with Crippen molar-refractivity contribution in [1.29, 1.82) is 0 Å². The van der Waals surface area contributed by atoms with Crippen LogP contribution in [0.3, 0.4) is 0 Å². The number of ether oxygens (including phenoxy) is 1. The number of hydrogen-bond acceptors (Lipinski definition) is 7. The number of nitrogens with zero attached hydrogens (tertiary/aromatic N) is 1. The van der Waals surface area contributed by atoms with Gasteiger partial charge in [0, 0.05) is 6.07 Å². The number of nitro benzene ring substituents is 1. The van der Waals surface area contributed by atoms with E-state index in [0.29, 0.717) is 12.1 Å². The van der Waals surface area contributed by atoms with E-state index in [4.69, 9.17) is 0 Å². The first kappa shape index (κ1) is 19.0. The predicted octanol–water partition coefficient (Wildman–Crippen LogP) is 1.17. The van der Waals surface area contributed by atoms with E-state index < -0.39 is 58.3 Å². The van der Waals surface area contributed by atoms with Crippen molar-refractivity contribution in [3.63, 3.8) is 0 Å². The van der Waals surface area contributed by atoms with E-state index in [1.807, 2.05) is 0 Å². The number of carbonyl (C=O) groups is 1. The maximum Gasteiger partial charge on any atom is 0.475 e. The Hall–Kier alpha value is -2.02. The van der Waals surface area contributed by atoms with Gasteiger partial charge in [0.1, 0.15) is 4.90 Å². The Balaban J connectivity index is 3.45. The molecule has 0 aliphatic rings. The minimum Gasteiger partial charge on any atom is -0.468 e. The highest BCUT2D eigenvalue weighted by Crippen LogP contribution is 2.32. The molecular formula is C10H8F3NO7S2. The molecule has 0 saturated heterocycles. The Kier molecular flexibility index (Phi) is 5.47. The van der Waals surface area contributed by atoms with Gasteiger partial charge in [0.05, 0.1) is 16.9 Å². The highest BCUT2D eigenvalue weighted by atomic mass is 32.2. The molecule has 0 bridgehead atoms. The molecule has 1 aromatic rings. The zero-order chi connectivity index (χ0) is 18.0. The molecule has 0 spiro atoms. The van der Waals surface area contributed by atoms with E-state index in [1.165, 1.54) is 0 Å². The smallest absolute Gasteiger partial charge is 0.468 e. The lowest BCUT2D eigenvalue weighted by Gasteiger charge is -2.08. The van der Waals surface area contributed by atoms with E-state index in [0.717, 1.165) is 7.11 Å². The molecule has 128 valence electrons. The zero-order valence-electron chi connectivity index (χ0n) is 11.2. The number of sulfone groups is 1. The molecule has 1 aromatic carbocycles. The largest absolute Gasteiger partial charge is 0.475 e. The molecule has 23 heavy (non-hydrogen) atoms. The lowest BCUT2D eigenvalue weighted by Crippen LogP contribution is -2.19. The molecule has 0 amide bonds. The summed E-state index contributed by atoms with van der Waals surface area (Å²) in [4.78, 5) is 18.7. The van der Waals surface area contributed by atoms with Crippen LogP contribution in [-0.2, 0) is 30.2 Å². The fraction of sp³-hybridized carbons (Fsp3) is 0.300. The molecule has 0 aliphatic heterocycles. The number of esters is 1. The van der Waals surface area contributed by atoms with Gasteiger partial charge >= 0.3 is 11.5 Å². The minimum atomic E-state index is -5.17. The second-order valence-electron chi connectivity index (χ2n) is 3.94. The molecule has 1 rings (SSSR count). The van der Waals surface area contributed by atoms with Gasteiger partial charge in [-0.3, -0.25) is 14.9 Å². The number of benzene rings is 1. The minimum absolute atomic E-state index is 0.244. The Labute approximate surface area is 129 Å². The van der Waals surface area contributed by atoms with Crippen molar-refractivity contribution >= 4 is 32.3 Å². The van der Waals surface area contributed by atoms with Crippen LogP contribution in [0.1, 0.15) is 0 Å². The summed E-state index contributed by atoms with van der Waals surface area (Å²) in [5.74, 6) is -2.44. The Bertz CT molecular complexity index is 773. The van der Waals surface area contributed by atoms with Gasteiger partial charge < -0.3 is 4.74 Å². The van der Waals surface area contributed by atoms with Crippen LogP contribution < -0.4 is 0 Å². The third-order valence-electron chi connectivity index (χ3n) is 2.42. The van der Waals surface area contributed by atoms with E-state index >= 15 is 0 Å². The molecule has 0 aromatic heterocycles. The highest BCUT2D eigenvalue weighted by molar-refractivity contribution is 7.92. The molecule has 0 radical (unpaired) electrons. The summed E-state index contributed by atoms with van der Waals surface area (Å²) in [5.41, 5.74) is -6.38. The molecule has 1 unspecified atom stereocenters. The summed E-state index contributed by atoms with van der Waals surface area (Å²) in [6.45, 7) is 0. The van der Waals surface area contributed by atoms with E-state index in [-0.39, 0.29) is 6.07 Å². The van der Waals surface area contributed by atoms with Gasteiger partial charge in [-0.1, -0.05) is 0 Å². The van der Waals surface area contributed by atoms with Gasteiger partial charge in [-0.2, -0.15) is 13.2 Å². The van der Waals surface area contributed by atoms with Gasteiger partial charge in [0.25, 0.3) is 5.69 Å². The zero-order valence-corrected chi connectivity index (χ0v) is 12.8. The molecule has 0 aliphatic carbocycles. The third-order valence-corrected chi connectivity index (χ3v) is 5.16. The van der Waals surface area contributed by atoms with E-state index in [1.54, 1.807) is 0 Å². The lowest BCUT2D eigenvalue weighted by molar-refractivity contribution is -0.388. The summed E-state index contributed by atoms with van der Waals surface area (Å²) < 4.78 is 76.2. The molecule has 0 heterocycles. The van der Waals surface area contributed by atoms with Crippen molar-refractivity contribution in [2.45, 2.75) is 15.3 Å². The molecule has 0 saturated carbocycles. The standard InChI is InChI=1S/C10H8F3NO7S2/c1-21-9(15)5-23(19,20)8-3-2-6(4-7(8)14(16)17)22(18)10(11,12)13/h2-4H,5H2,1H3. The van der Waals surface area contributed by atoms with Crippen LogP contribution in [-0.4, -0.2) is 41.9 Å².